The van der Waals surface area contributed by atoms with Crippen LogP contribution in [0, 0.1) is 13.8 Å². The van der Waals surface area contributed by atoms with Crippen molar-refractivity contribution in [2.45, 2.75) is 13.8 Å². The van der Waals surface area contributed by atoms with Gasteiger partial charge in [0.25, 0.3) is 11.7 Å². The van der Waals surface area contributed by atoms with E-state index in [1.165, 1.54) is 4.90 Å². The number of aromatic nitrogens is 4. The van der Waals surface area contributed by atoms with Gasteiger partial charge in [0.1, 0.15) is 0 Å². The fourth-order valence-corrected chi connectivity index (χ4v) is 1.77. The van der Waals surface area contributed by atoms with Gasteiger partial charge in [-0.25, -0.2) is 9.50 Å². The molecule has 0 aromatic carbocycles. The Morgan fingerprint density at radius 3 is 2.79 bits per heavy atom. The van der Waals surface area contributed by atoms with Crippen molar-refractivity contribution in [2.75, 3.05) is 27.2 Å². The number of hydrogen-bond donors (Lipinski definition) is 2. The number of aryl methyl sites for hydroxylation is 2. The van der Waals surface area contributed by atoms with Gasteiger partial charge in [-0.3, -0.25) is 4.79 Å². The van der Waals surface area contributed by atoms with Crippen molar-refractivity contribution in [3.05, 3.63) is 23.3 Å². The normalized spacial score (nSPS) is 11.2. The third kappa shape index (κ3) is 3.05. The maximum Gasteiger partial charge on any atom is 0.291 e. The molecule has 0 aliphatic carbocycles. The Kier molecular flexibility index (Phi) is 3.75. The van der Waals surface area contributed by atoms with Crippen molar-refractivity contribution in [3.63, 3.8) is 0 Å². The average molecular weight is 263 g/mol. The van der Waals surface area contributed by atoms with Gasteiger partial charge in [-0.2, -0.15) is 4.98 Å². The van der Waals surface area contributed by atoms with Gasteiger partial charge in [0.15, 0.2) is 0 Å². The summed E-state index contributed by atoms with van der Waals surface area (Å²) in [6, 6.07) is 1.90. The summed E-state index contributed by atoms with van der Waals surface area (Å²) < 4.78 is 1.58. The van der Waals surface area contributed by atoms with E-state index >= 15 is 0 Å². The fraction of sp³-hybridized carbons (Fsp3) is 0.500. The summed E-state index contributed by atoms with van der Waals surface area (Å²) in [5, 5.41) is 6.97. The number of nitrogens with one attached hydrogen (secondary N) is 2. The molecule has 0 spiro atoms. The van der Waals surface area contributed by atoms with Crippen LogP contribution in [0.4, 0.5) is 0 Å². The van der Waals surface area contributed by atoms with Crippen molar-refractivity contribution in [3.8, 4) is 0 Å². The van der Waals surface area contributed by atoms with Crippen LogP contribution in [0.25, 0.3) is 5.78 Å². The van der Waals surface area contributed by atoms with E-state index in [1.807, 2.05) is 34.0 Å². The van der Waals surface area contributed by atoms with Crippen molar-refractivity contribution in [2.24, 2.45) is 0 Å². The zero-order valence-electron chi connectivity index (χ0n) is 11.7. The van der Waals surface area contributed by atoms with Gasteiger partial charge in [-0.1, -0.05) is 0 Å². The highest BCUT2D eigenvalue weighted by Crippen LogP contribution is 2.05. The van der Waals surface area contributed by atoms with Gasteiger partial charge in [-0.05, 0) is 19.9 Å². The van der Waals surface area contributed by atoms with Crippen LogP contribution < -0.4 is 10.2 Å². The van der Waals surface area contributed by atoms with Crippen molar-refractivity contribution >= 4 is 11.7 Å². The third-order valence-electron chi connectivity index (χ3n) is 2.73. The lowest BCUT2D eigenvalue weighted by atomic mass is 10.4. The van der Waals surface area contributed by atoms with Crippen LogP contribution in [0.15, 0.2) is 6.07 Å². The number of carbonyl (C=O) groups is 1. The summed E-state index contributed by atoms with van der Waals surface area (Å²) in [5.41, 5.74) is 1.77. The lowest BCUT2D eigenvalue weighted by Gasteiger charge is -2.06. The van der Waals surface area contributed by atoms with Crippen LogP contribution in [0.5, 0.6) is 0 Å². The van der Waals surface area contributed by atoms with Crippen LogP contribution in [-0.2, 0) is 0 Å². The Labute approximate surface area is 111 Å². The first-order valence-corrected chi connectivity index (χ1v) is 6.25. The summed E-state index contributed by atoms with van der Waals surface area (Å²) >= 11 is 0. The molecule has 0 aliphatic heterocycles. The number of quaternary nitrogens is 1. The number of hydrogen-bond acceptors (Lipinski definition) is 4. The second-order valence-corrected chi connectivity index (χ2v) is 4.90. The lowest BCUT2D eigenvalue weighted by molar-refractivity contribution is -0.856. The molecule has 0 atom stereocenters. The Morgan fingerprint density at radius 2 is 2.11 bits per heavy atom. The third-order valence-corrected chi connectivity index (χ3v) is 2.73. The van der Waals surface area contributed by atoms with Crippen molar-refractivity contribution < 1.29 is 9.69 Å². The molecule has 0 unspecified atom stereocenters. The van der Waals surface area contributed by atoms with Crippen LogP contribution in [0.3, 0.4) is 0 Å². The molecule has 2 rings (SSSR count). The number of fused-ring (bicyclic) bond motifs is 1. The molecule has 0 saturated carbocycles. The molecule has 1 amide bonds. The van der Waals surface area contributed by atoms with E-state index < -0.39 is 0 Å². The minimum Gasteiger partial charge on any atom is -0.344 e. The SMILES string of the molecule is Cc1cc(C)n2nc(C(=O)NCC[NH+](C)C)nc2n1. The average Bonchev–Trinajstić information content (AvgIpc) is 2.72. The highest BCUT2D eigenvalue weighted by molar-refractivity contribution is 5.90. The maximum atomic E-state index is 11.9. The molecule has 0 aliphatic rings. The summed E-state index contributed by atoms with van der Waals surface area (Å²) in [6.45, 7) is 5.26. The van der Waals surface area contributed by atoms with Gasteiger partial charge in [0, 0.05) is 11.4 Å². The summed E-state index contributed by atoms with van der Waals surface area (Å²) in [4.78, 5) is 21.6. The molecule has 0 bridgehead atoms. The van der Waals surface area contributed by atoms with Crippen molar-refractivity contribution in [1.29, 1.82) is 0 Å². The number of amides is 1. The van der Waals surface area contributed by atoms with Gasteiger partial charge in [0.05, 0.1) is 27.2 Å². The standard InChI is InChI=1S/C12H18N6O/c1-8-7-9(2)18-12(14-8)15-10(16-18)11(19)13-5-6-17(3)4/h7H,5-6H2,1-4H3,(H,13,19)/p+1. The largest absolute Gasteiger partial charge is 0.344 e. The molecule has 2 aromatic heterocycles. The molecule has 0 fully saturated rings. The number of likely N-dealkylation sites (N-methyl/N-ethyl adjacent to an activating group) is 1. The van der Waals surface area contributed by atoms with E-state index in [9.17, 15) is 4.79 Å². The van der Waals surface area contributed by atoms with Crippen LogP contribution in [-0.4, -0.2) is 52.7 Å². The molecule has 19 heavy (non-hydrogen) atoms. The fourth-order valence-electron chi connectivity index (χ4n) is 1.77. The smallest absolute Gasteiger partial charge is 0.291 e. The van der Waals surface area contributed by atoms with Gasteiger partial charge in [0.2, 0.25) is 5.82 Å². The molecular formula is C12H19N6O+. The van der Waals surface area contributed by atoms with E-state index in [0.717, 1.165) is 17.9 Å². The predicted octanol–water partition coefficient (Wildman–Crippen LogP) is -1.38. The first kappa shape index (κ1) is 13.4. The Hall–Kier alpha value is -2.02. The summed E-state index contributed by atoms with van der Waals surface area (Å²) in [7, 11) is 4.07. The first-order chi connectivity index (χ1) is 8.97. The van der Waals surface area contributed by atoms with Crippen LogP contribution >= 0.6 is 0 Å². The molecule has 7 heteroatoms. The zero-order chi connectivity index (χ0) is 14.0. The highest BCUT2D eigenvalue weighted by Gasteiger charge is 2.14. The Balaban J connectivity index is 2.17. The molecular weight excluding hydrogens is 244 g/mol. The topological polar surface area (TPSA) is 76.6 Å². The molecule has 2 heterocycles. The van der Waals surface area contributed by atoms with Crippen LogP contribution in [0.2, 0.25) is 0 Å². The van der Waals surface area contributed by atoms with Gasteiger partial charge in [-0.15, -0.1) is 5.10 Å². The molecule has 2 N–H and O–H groups in total. The lowest BCUT2D eigenvalue weighted by Crippen LogP contribution is -3.06. The van der Waals surface area contributed by atoms with Gasteiger partial charge >= 0.3 is 0 Å². The molecule has 7 nitrogen and oxygen atoms in total. The molecule has 2 aromatic rings. The van der Waals surface area contributed by atoms with Crippen molar-refractivity contribution in [1.82, 2.24) is 24.9 Å². The molecule has 102 valence electrons. The minimum absolute atomic E-state index is 0.162. The predicted molar refractivity (Wildman–Crippen MR) is 70.3 cm³/mol. The second kappa shape index (κ2) is 5.31. The maximum absolute atomic E-state index is 11.9. The Bertz CT molecular complexity index is 604. The van der Waals surface area contributed by atoms with Crippen LogP contribution in [0.1, 0.15) is 22.0 Å². The van der Waals surface area contributed by atoms with E-state index in [1.54, 1.807) is 4.52 Å². The van der Waals surface area contributed by atoms with E-state index in [4.69, 9.17) is 0 Å². The highest BCUT2D eigenvalue weighted by atomic mass is 16.2. The van der Waals surface area contributed by atoms with E-state index in [0.29, 0.717) is 12.3 Å². The number of carbonyl (C=O) groups excluding carboxylic acids is 1. The second-order valence-electron chi connectivity index (χ2n) is 4.90. The quantitative estimate of drug-likeness (QED) is 0.712. The number of nitrogens with zero attached hydrogens (tertiary/aromatic N) is 4. The summed E-state index contributed by atoms with van der Waals surface area (Å²) in [6.07, 6.45) is 0. The first-order valence-electron chi connectivity index (χ1n) is 6.25. The molecule has 0 saturated heterocycles. The summed E-state index contributed by atoms with van der Waals surface area (Å²) in [5.74, 6) is 0.361. The van der Waals surface area contributed by atoms with Gasteiger partial charge < -0.3 is 10.2 Å². The Morgan fingerprint density at radius 1 is 1.37 bits per heavy atom. The number of rotatable bonds is 4. The monoisotopic (exact) mass is 263 g/mol. The zero-order valence-corrected chi connectivity index (χ0v) is 11.7. The molecule has 0 radical (unpaired) electrons. The van der Waals surface area contributed by atoms with E-state index in [-0.39, 0.29) is 11.7 Å². The minimum atomic E-state index is -0.260. The van der Waals surface area contributed by atoms with E-state index in [2.05, 4.69) is 20.4 Å².